The zero-order valence-corrected chi connectivity index (χ0v) is 3.96. The van der Waals surface area contributed by atoms with Crippen molar-refractivity contribution in [1.29, 1.82) is 0 Å². The van der Waals surface area contributed by atoms with E-state index in [2.05, 4.69) is 11.1 Å². The first kappa shape index (κ1) is 4.31. The van der Waals surface area contributed by atoms with Crippen LogP contribution in [0.4, 0.5) is 0 Å². The fourth-order valence-corrected chi connectivity index (χ4v) is 0.394. The largest absolute Gasteiger partial charge is 0.289 e. The molecule has 0 N–H and O–H groups in total. The highest BCUT2D eigenvalue weighted by molar-refractivity contribution is 5.71. The van der Waals surface area contributed by atoms with Crippen molar-refractivity contribution in [3.8, 4) is 0 Å². The maximum atomic E-state index is 3.94. The van der Waals surface area contributed by atoms with Crippen LogP contribution < -0.4 is 0 Å². The fourth-order valence-electron chi connectivity index (χ4n) is 0.394. The Kier molecular flexibility index (Phi) is 1.44. The summed E-state index contributed by atoms with van der Waals surface area (Å²) in [6, 6.07) is 0. The van der Waals surface area contributed by atoms with Crippen molar-refractivity contribution in [1.82, 2.24) is 0 Å². The molecule has 0 aromatic rings. The minimum absolute atomic E-state index is 0.771. The Hall–Kier alpha value is -0.850. The van der Waals surface area contributed by atoms with Crippen LogP contribution in [-0.2, 0) is 0 Å². The summed E-state index contributed by atoms with van der Waals surface area (Å²) < 4.78 is 0. The van der Waals surface area contributed by atoms with Gasteiger partial charge in [-0.05, 0) is 12.2 Å². The van der Waals surface area contributed by atoms with E-state index in [0.717, 1.165) is 6.54 Å². The predicted molar refractivity (Wildman–Crippen MR) is 30.3 cm³/mol. The van der Waals surface area contributed by atoms with Crippen LogP contribution in [0.15, 0.2) is 23.2 Å². The molecule has 0 bridgehead atoms. The number of hydrogen-bond acceptors (Lipinski definition) is 1. The fraction of sp³-hybridized carbons (Fsp3) is 0.167. The Balaban J connectivity index is 2.60. The third-order valence-corrected chi connectivity index (χ3v) is 0.698. The molecule has 1 heterocycles. The quantitative estimate of drug-likeness (QED) is 0.422. The Morgan fingerprint density at radius 1 is 1.57 bits per heavy atom. The van der Waals surface area contributed by atoms with Gasteiger partial charge in [0.1, 0.15) is 0 Å². The lowest BCUT2D eigenvalue weighted by Crippen LogP contribution is -1.66. The van der Waals surface area contributed by atoms with Crippen molar-refractivity contribution in [2.75, 3.05) is 6.54 Å². The molecule has 7 heavy (non-hydrogen) atoms. The summed E-state index contributed by atoms with van der Waals surface area (Å²) in [5.74, 6) is 0. The number of allylic oxidation sites excluding steroid dienone is 3. The second-order valence-electron chi connectivity index (χ2n) is 1.24. The molecule has 1 rings (SSSR count). The topological polar surface area (TPSA) is 12.4 Å². The van der Waals surface area contributed by atoms with Crippen LogP contribution >= 0.6 is 0 Å². The smallest absolute Gasteiger partial charge is 0.0579 e. The third kappa shape index (κ3) is 1.35. The molecular formula is C6H6N. The first-order chi connectivity index (χ1) is 3.50. The Morgan fingerprint density at radius 2 is 2.57 bits per heavy atom. The summed E-state index contributed by atoms with van der Waals surface area (Å²) >= 11 is 0. The lowest BCUT2D eigenvalue weighted by atomic mass is 10.5. The van der Waals surface area contributed by atoms with Gasteiger partial charge < -0.3 is 0 Å². The molecule has 0 unspecified atom stereocenters. The van der Waals surface area contributed by atoms with E-state index in [1.807, 2.05) is 18.2 Å². The number of aliphatic imine (C=N–C) groups is 1. The number of hydrogen-bond donors (Lipinski definition) is 0. The Bertz CT molecular complexity index is 106. The van der Waals surface area contributed by atoms with E-state index in [0.29, 0.717) is 0 Å². The van der Waals surface area contributed by atoms with E-state index in [4.69, 9.17) is 0 Å². The SMILES string of the molecule is [C]1=CCN=CC=C1. The van der Waals surface area contributed by atoms with Gasteiger partial charge in [0.05, 0.1) is 6.54 Å². The van der Waals surface area contributed by atoms with Crippen LogP contribution in [0, 0.1) is 6.08 Å². The maximum absolute atomic E-state index is 3.94. The average molecular weight is 92.1 g/mol. The third-order valence-electron chi connectivity index (χ3n) is 0.698. The van der Waals surface area contributed by atoms with Crippen LogP contribution in [0.3, 0.4) is 0 Å². The summed E-state index contributed by atoms with van der Waals surface area (Å²) in [6.45, 7) is 0.771. The molecule has 0 saturated carbocycles. The van der Waals surface area contributed by atoms with Gasteiger partial charge >= 0.3 is 0 Å². The molecule has 0 fully saturated rings. The van der Waals surface area contributed by atoms with Crippen LogP contribution in [0.2, 0.25) is 0 Å². The predicted octanol–water partition coefficient (Wildman–Crippen LogP) is 0.986. The van der Waals surface area contributed by atoms with E-state index >= 15 is 0 Å². The zero-order valence-electron chi connectivity index (χ0n) is 3.96. The van der Waals surface area contributed by atoms with Gasteiger partial charge in [-0.1, -0.05) is 12.2 Å². The van der Waals surface area contributed by atoms with Crippen molar-refractivity contribution in [2.24, 2.45) is 4.99 Å². The monoisotopic (exact) mass is 92.1 g/mol. The van der Waals surface area contributed by atoms with Gasteiger partial charge in [0, 0.05) is 6.21 Å². The van der Waals surface area contributed by atoms with Crippen LogP contribution in [0.1, 0.15) is 0 Å². The highest BCUT2D eigenvalue weighted by Gasteiger charge is 1.71. The highest BCUT2D eigenvalue weighted by atomic mass is 14.7. The van der Waals surface area contributed by atoms with Crippen LogP contribution in [-0.4, -0.2) is 12.8 Å². The van der Waals surface area contributed by atoms with Gasteiger partial charge in [0.15, 0.2) is 0 Å². The summed E-state index contributed by atoms with van der Waals surface area (Å²) in [6.07, 6.45) is 10.3. The first-order valence-electron chi connectivity index (χ1n) is 2.23. The first-order valence-corrected chi connectivity index (χ1v) is 2.23. The molecular weight excluding hydrogens is 86.1 g/mol. The average Bonchev–Trinajstić information content (AvgIpc) is 1.90. The van der Waals surface area contributed by atoms with E-state index in [1.54, 1.807) is 6.21 Å². The molecule has 0 aromatic carbocycles. The molecule has 0 spiro atoms. The molecule has 0 aliphatic carbocycles. The minimum atomic E-state index is 0.771. The second-order valence-corrected chi connectivity index (χ2v) is 1.24. The second kappa shape index (κ2) is 2.35. The summed E-state index contributed by atoms with van der Waals surface area (Å²) in [5.41, 5.74) is 0. The van der Waals surface area contributed by atoms with Crippen molar-refractivity contribution in [3.63, 3.8) is 0 Å². The lowest BCUT2D eigenvalue weighted by Gasteiger charge is -1.71. The minimum Gasteiger partial charge on any atom is -0.289 e. The molecule has 0 saturated heterocycles. The lowest BCUT2D eigenvalue weighted by molar-refractivity contribution is 1.26. The van der Waals surface area contributed by atoms with Gasteiger partial charge in [-0.2, -0.15) is 0 Å². The van der Waals surface area contributed by atoms with Gasteiger partial charge in [0.25, 0.3) is 0 Å². The molecule has 1 aliphatic rings. The molecule has 0 aromatic heterocycles. The molecule has 0 atom stereocenters. The summed E-state index contributed by atoms with van der Waals surface area (Å²) in [4.78, 5) is 3.94. The summed E-state index contributed by atoms with van der Waals surface area (Å²) in [7, 11) is 0. The molecule has 1 heteroatoms. The van der Waals surface area contributed by atoms with Gasteiger partial charge in [-0.3, -0.25) is 4.99 Å². The number of nitrogens with zero attached hydrogens (tertiary/aromatic N) is 1. The molecule has 0 amide bonds. The van der Waals surface area contributed by atoms with Crippen molar-refractivity contribution >= 4 is 6.21 Å². The maximum Gasteiger partial charge on any atom is 0.0579 e. The molecule has 1 aliphatic heterocycles. The zero-order chi connectivity index (χ0) is 4.95. The van der Waals surface area contributed by atoms with Crippen molar-refractivity contribution < 1.29 is 0 Å². The van der Waals surface area contributed by atoms with E-state index < -0.39 is 0 Å². The van der Waals surface area contributed by atoms with Crippen molar-refractivity contribution in [3.05, 3.63) is 24.3 Å². The van der Waals surface area contributed by atoms with Gasteiger partial charge in [-0.15, -0.1) is 0 Å². The molecule has 1 nitrogen and oxygen atoms in total. The van der Waals surface area contributed by atoms with E-state index in [9.17, 15) is 0 Å². The van der Waals surface area contributed by atoms with Crippen LogP contribution in [0.5, 0.6) is 0 Å². The van der Waals surface area contributed by atoms with E-state index in [-0.39, 0.29) is 0 Å². The standard InChI is InChI=1S/C6H6N/c1-2-4-6-7-5-3-1/h1,3-5H,6H2. The molecule has 1 radical (unpaired) electrons. The van der Waals surface area contributed by atoms with Gasteiger partial charge in [0.2, 0.25) is 0 Å². The van der Waals surface area contributed by atoms with E-state index in [1.165, 1.54) is 0 Å². The normalized spacial score (nSPS) is 17.1. The highest BCUT2D eigenvalue weighted by Crippen LogP contribution is 1.80. The van der Waals surface area contributed by atoms with Crippen molar-refractivity contribution in [2.45, 2.75) is 0 Å². The van der Waals surface area contributed by atoms with Crippen LogP contribution in [0.25, 0.3) is 0 Å². The van der Waals surface area contributed by atoms with Gasteiger partial charge in [-0.25, -0.2) is 0 Å². The Labute approximate surface area is 43.1 Å². The summed E-state index contributed by atoms with van der Waals surface area (Å²) in [5, 5.41) is 0. The molecule has 35 valence electrons. The number of rotatable bonds is 0. The Morgan fingerprint density at radius 3 is 3.57 bits per heavy atom.